The van der Waals surface area contributed by atoms with Gasteiger partial charge in [-0.15, -0.1) is 0 Å². The minimum absolute atomic E-state index is 0.0277. The van der Waals surface area contributed by atoms with E-state index in [0.29, 0.717) is 39.7 Å². The number of carbonyl (C=O) groups is 1. The van der Waals surface area contributed by atoms with Crippen LogP contribution in [0.5, 0.6) is 0 Å². The number of nitrogens with one attached hydrogen (secondary N) is 2. The van der Waals surface area contributed by atoms with Crippen LogP contribution in [0.15, 0.2) is 53.3 Å². The number of rotatable bonds is 6. The fourth-order valence-electron chi connectivity index (χ4n) is 4.78. The monoisotopic (exact) mass is 569 g/mol. The minimum Gasteiger partial charge on any atom is -0.368 e. The predicted molar refractivity (Wildman–Crippen MR) is 156 cm³/mol. The van der Waals surface area contributed by atoms with E-state index in [1.54, 1.807) is 18.3 Å². The smallest absolute Gasteiger partial charge is 0.292 e. The number of imidazole rings is 1. The molecule has 0 aliphatic carbocycles. The van der Waals surface area contributed by atoms with E-state index in [4.69, 9.17) is 4.52 Å². The Hall–Kier alpha value is -4.71. The predicted octanol–water partition coefficient (Wildman–Crippen LogP) is 4.19. The third-order valence-corrected chi connectivity index (χ3v) is 7.33. The van der Waals surface area contributed by atoms with Gasteiger partial charge in [0.15, 0.2) is 11.5 Å². The lowest BCUT2D eigenvalue weighted by molar-refractivity contribution is 0.0937. The van der Waals surface area contributed by atoms with Crippen LogP contribution in [-0.2, 0) is 12.0 Å². The molecule has 5 heterocycles. The zero-order valence-corrected chi connectivity index (χ0v) is 24.0. The summed E-state index contributed by atoms with van der Waals surface area (Å²) >= 11 is 0. The Balaban J connectivity index is 1.18. The summed E-state index contributed by atoms with van der Waals surface area (Å²) in [5.41, 5.74) is 4.33. The number of anilines is 1. The van der Waals surface area contributed by atoms with E-state index < -0.39 is 11.7 Å². The fourth-order valence-corrected chi connectivity index (χ4v) is 4.78. The van der Waals surface area contributed by atoms with Gasteiger partial charge in [0, 0.05) is 55.5 Å². The number of aromatic amines is 1. The number of nitrogens with zero attached hydrogens (tertiary/aromatic N) is 7. The van der Waals surface area contributed by atoms with Crippen LogP contribution in [-0.4, -0.2) is 74.1 Å². The Morgan fingerprint density at radius 3 is 2.57 bits per heavy atom. The van der Waals surface area contributed by atoms with Gasteiger partial charge in [-0.05, 0) is 36.9 Å². The topological polar surface area (TPSA) is 129 Å². The Morgan fingerprint density at radius 1 is 1.07 bits per heavy atom. The Morgan fingerprint density at radius 2 is 1.88 bits per heavy atom. The average Bonchev–Trinajstić information content (AvgIpc) is 3.65. The van der Waals surface area contributed by atoms with Crippen LogP contribution in [0.2, 0.25) is 0 Å². The summed E-state index contributed by atoms with van der Waals surface area (Å²) in [7, 11) is 2.13. The van der Waals surface area contributed by atoms with Crippen molar-refractivity contribution in [2.24, 2.45) is 0 Å². The van der Waals surface area contributed by atoms with Crippen molar-refractivity contribution in [1.29, 1.82) is 0 Å². The number of amides is 1. The third-order valence-electron chi connectivity index (χ3n) is 7.33. The first kappa shape index (κ1) is 27.5. The standard InChI is InChI=1S/C30H32FN9O2/c1-30(2,3)29-37-27(38-42-29)28(41)34-16-19-6-5-18(15-22(19)31)21-9-10-32-26-24(21)35-25(36-26)23-8-7-20(17-33-23)40-13-11-39(4)12-14-40/h5-10,15,17H,11-14,16H2,1-4H3,(H,34,41)(H,32,35,36). The summed E-state index contributed by atoms with van der Waals surface area (Å²) < 4.78 is 20.3. The molecule has 1 aliphatic rings. The number of H-pyrrole nitrogens is 1. The summed E-state index contributed by atoms with van der Waals surface area (Å²) in [6.07, 6.45) is 3.52. The van der Waals surface area contributed by atoms with Gasteiger partial charge in [-0.2, -0.15) is 4.98 Å². The van der Waals surface area contributed by atoms with Gasteiger partial charge in [0.2, 0.25) is 5.89 Å². The van der Waals surface area contributed by atoms with Crippen LogP contribution in [0, 0.1) is 5.82 Å². The van der Waals surface area contributed by atoms with Crippen LogP contribution < -0.4 is 10.2 Å². The highest BCUT2D eigenvalue weighted by atomic mass is 19.1. The number of piperazine rings is 1. The molecule has 2 N–H and O–H groups in total. The highest BCUT2D eigenvalue weighted by molar-refractivity contribution is 5.91. The number of aromatic nitrogens is 6. The number of benzene rings is 1. The molecular formula is C30H32FN9O2. The van der Waals surface area contributed by atoms with E-state index in [9.17, 15) is 4.79 Å². The lowest BCUT2D eigenvalue weighted by Crippen LogP contribution is -2.44. The molecule has 11 nitrogen and oxygen atoms in total. The van der Waals surface area contributed by atoms with Crippen molar-refractivity contribution < 1.29 is 13.7 Å². The van der Waals surface area contributed by atoms with E-state index in [0.717, 1.165) is 37.4 Å². The van der Waals surface area contributed by atoms with Crippen molar-refractivity contribution >= 4 is 22.8 Å². The van der Waals surface area contributed by atoms with E-state index in [1.807, 2.05) is 39.1 Å². The maximum absolute atomic E-state index is 15.2. The number of fused-ring (bicyclic) bond motifs is 1. The second-order valence-electron chi connectivity index (χ2n) is 11.5. The molecule has 12 heteroatoms. The summed E-state index contributed by atoms with van der Waals surface area (Å²) in [5, 5.41) is 6.39. The normalized spacial score (nSPS) is 14.5. The number of halogens is 1. The Bertz CT molecular complexity index is 1730. The van der Waals surface area contributed by atoms with Gasteiger partial charge in [-0.1, -0.05) is 38.1 Å². The van der Waals surface area contributed by atoms with Crippen LogP contribution >= 0.6 is 0 Å². The molecule has 1 amide bonds. The molecule has 42 heavy (non-hydrogen) atoms. The van der Waals surface area contributed by atoms with Crippen molar-refractivity contribution in [1.82, 2.24) is 40.3 Å². The van der Waals surface area contributed by atoms with Crippen LogP contribution in [0.3, 0.4) is 0 Å². The highest BCUT2D eigenvalue weighted by Crippen LogP contribution is 2.30. The maximum Gasteiger partial charge on any atom is 0.292 e. The number of pyridine rings is 2. The molecule has 1 saturated heterocycles. The number of hydrogen-bond donors (Lipinski definition) is 2. The van der Waals surface area contributed by atoms with E-state index in [-0.39, 0.29) is 17.8 Å². The number of hydrogen-bond acceptors (Lipinski definition) is 9. The molecule has 1 fully saturated rings. The largest absolute Gasteiger partial charge is 0.368 e. The summed E-state index contributed by atoms with van der Waals surface area (Å²) in [6, 6.07) is 10.7. The van der Waals surface area contributed by atoms with Gasteiger partial charge in [-0.3, -0.25) is 9.78 Å². The summed E-state index contributed by atoms with van der Waals surface area (Å²) in [4.78, 5) is 38.3. The lowest BCUT2D eigenvalue weighted by atomic mass is 9.97. The van der Waals surface area contributed by atoms with Crippen molar-refractivity contribution in [3.05, 3.63) is 71.9 Å². The minimum atomic E-state index is -0.538. The first-order valence-corrected chi connectivity index (χ1v) is 13.8. The van der Waals surface area contributed by atoms with Gasteiger partial charge >= 0.3 is 0 Å². The molecule has 216 valence electrons. The SMILES string of the molecule is CN1CCN(c2ccc(-c3nc4nccc(-c5ccc(CNC(=O)c6noc(C(C)(C)C)n6)c(F)c5)c4[nH]3)nc2)CC1. The first-order valence-electron chi connectivity index (χ1n) is 13.8. The zero-order valence-electron chi connectivity index (χ0n) is 24.0. The Labute approximate surface area is 242 Å². The summed E-state index contributed by atoms with van der Waals surface area (Å²) in [5.74, 6) is -0.140. The van der Waals surface area contributed by atoms with Crippen molar-refractivity contribution in [2.75, 3.05) is 38.1 Å². The molecule has 0 radical (unpaired) electrons. The van der Waals surface area contributed by atoms with Gasteiger partial charge in [0.05, 0.1) is 17.4 Å². The highest BCUT2D eigenvalue weighted by Gasteiger charge is 2.24. The first-order chi connectivity index (χ1) is 20.2. The summed E-state index contributed by atoms with van der Waals surface area (Å²) in [6.45, 7) is 9.67. The van der Waals surface area contributed by atoms with Crippen LogP contribution in [0.25, 0.3) is 33.8 Å². The number of carbonyl (C=O) groups excluding carboxylic acids is 1. The van der Waals surface area contributed by atoms with Crippen LogP contribution in [0.4, 0.5) is 10.1 Å². The Kier molecular flexibility index (Phi) is 7.15. The molecule has 0 bridgehead atoms. The molecule has 0 unspecified atom stereocenters. The molecule has 5 aromatic rings. The second kappa shape index (κ2) is 10.9. The van der Waals surface area contributed by atoms with Gasteiger partial charge in [0.25, 0.3) is 11.7 Å². The van der Waals surface area contributed by atoms with Gasteiger partial charge < -0.3 is 24.6 Å². The molecule has 1 aromatic carbocycles. The number of likely N-dealkylation sites (N-methyl/N-ethyl adjacent to an activating group) is 1. The van der Waals surface area contributed by atoms with Crippen LogP contribution in [0.1, 0.15) is 42.8 Å². The average molecular weight is 570 g/mol. The maximum atomic E-state index is 15.2. The van der Waals surface area contributed by atoms with E-state index >= 15 is 4.39 Å². The molecule has 0 saturated carbocycles. The molecule has 0 atom stereocenters. The van der Waals surface area contributed by atoms with Crippen molar-refractivity contribution in [2.45, 2.75) is 32.7 Å². The zero-order chi connectivity index (χ0) is 29.4. The quantitative estimate of drug-likeness (QED) is 0.309. The third kappa shape index (κ3) is 5.57. The van der Waals surface area contributed by atoms with Crippen molar-refractivity contribution in [3.63, 3.8) is 0 Å². The molecule has 6 rings (SSSR count). The van der Waals surface area contributed by atoms with Gasteiger partial charge in [-0.25, -0.2) is 14.4 Å². The van der Waals surface area contributed by atoms with E-state index in [1.165, 1.54) is 6.07 Å². The molecule has 4 aromatic heterocycles. The lowest BCUT2D eigenvalue weighted by Gasteiger charge is -2.33. The molecular weight excluding hydrogens is 537 g/mol. The second-order valence-corrected chi connectivity index (χ2v) is 11.5. The molecule has 0 spiro atoms. The van der Waals surface area contributed by atoms with Crippen molar-refractivity contribution in [3.8, 4) is 22.6 Å². The molecule has 1 aliphatic heterocycles. The van der Waals surface area contributed by atoms with E-state index in [2.05, 4.69) is 58.3 Å². The van der Waals surface area contributed by atoms with Gasteiger partial charge in [0.1, 0.15) is 11.5 Å². The fraction of sp³-hybridized carbons (Fsp3) is 0.333.